The van der Waals surface area contributed by atoms with Crippen molar-refractivity contribution in [2.24, 2.45) is 7.05 Å². The molecule has 0 spiro atoms. The molecule has 96 valence electrons. The third kappa shape index (κ3) is 1.56. The van der Waals surface area contributed by atoms with Crippen molar-refractivity contribution in [3.05, 3.63) is 45.1 Å². The van der Waals surface area contributed by atoms with Crippen LogP contribution < -0.4 is 11.2 Å². The summed E-state index contributed by atoms with van der Waals surface area (Å²) >= 11 is 0. The number of para-hydroxylation sites is 2. The van der Waals surface area contributed by atoms with Gasteiger partial charge in [0, 0.05) is 13.6 Å². The van der Waals surface area contributed by atoms with Crippen LogP contribution in [-0.2, 0) is 13.6 Å². The predicted octanol–water partition coefficient (Wildman–Crippen LogP) is 0.663. The first-order valence-corrected chi connectivity index (χ1v) is 6.00. The van der Waals surface area contributed by atoms with E-state index in [1.807, 2.05) is 12.1 Å². The average molecular weight is 256 g/mol. The largest absolute Gasteiger partial charge is 0.332 e. The molecule has 0 saturated carbocycles. The molecule has 0 unspecified atom stereocenters. The van der Waals surface area contributed by atoms with Crippen molar-refractivity contribution >= 4 is 22.2 Å². The number of aromatic nitrogens is 4. The van der Waals surface area contributed by atoms with Gasteiger partial charge in [0.2, 0.25) is 0 Å². The molecule has 2 aromatic heterocycles. The van der Waals surface area contributed by atoms with Gasteiger partial charge in [-0.3, -0.25) is 13.9 Å². The van der Waals surface area contributed by atoms with Crippen LogP contribution in [0.25, 0.3) is 22.2 Å². The van der Waals surface area contributed by atoms with Gasteiger partial charge in [0.25, 0.3) is 5.56 Å². The average Bonchev–Trinajstić information content (AvgIpc) is 2.44. The van der Waals surface area contributed by atoms with Gasteiger partial charge in [0.1, 0.15) is 0 Å². The summed E-state index contributed by atoms with van der Waals surface area (Å²) in [5, 5.41) is 0. The smallest absolute Gasteiger partial charge is 0.279 e. The Morgan fingerprint density at radius 2 is 1.74 bits per heavy atom. The number of fused-ring (bicyclic) bond motifs is 2. The first-order valence-electron chi connectivity index (χ1n) is 6.00. The Hall–Kier alpha value is -2.50. The van der Waals surface area contributed by atoms with E-state index in [1.165, 1.54) is 4.57 Å². The maximum Gasteiger partial charge on any atom is 0.332 e. The first kappa shape index (κ1) is 11.6. The van der Waals surface area contributed by atoms with Gasteiger partial charge in [-0.2, -0.15) is 0 Å². The zero-order valence-corrected chi connectivity index (χ0v) is 10.6. The fourth-order valence-corrected chi connectivity index (χ4v) is 2.13. The van der Waals surface area contributed by atoms with Crippen LogP contribution in [0.4, 0.5) is 0 Å². The second-order valence-corrected chi connectivity index (χ2v) is 4.28. The highest BCUT2D eigenvalue weighted by atomic mass is 16.2. The molecule has 0 radical (unpaired) electrons. The Kier molecular flexibility index (Phi) is 2.45. The van der Waals surface area contributed by atoms with Gasteiger partial charge in [-0.15, -0.1) is 0 Å². The number of nitrogens with zero attached hydrogens (tertiary/aromatic N) is 4. The van der Waals surface area contributed by atoms with Crippen LogP contribution in [-0.4, -0.2) is 19.1 Å². The lowest BCUT2D eigenvalue weighted by molar-refractivity contribution is 0.636. The van der Waals surface area contributed by atoms with Gasteiger partial charge < -0.3 is 0 Å². The lowest BCUT2D eigenvalue weighted by Gasteiger charge is -2.08. The fraction of sp³-hybridized carbons (Fsp3) is 0.231. The van der Waals surface area contributed by atoms with E-state index >= 15 is 0 Å². The second-order valence-electron chi connectivity index (χ2n) is 4.28. The lowest BCUT2D eigenvalue weighted by Crippen LogP contribution is -2.39. The zero-order chi connectivity index (χ0) is 13.6. The minimum atomic E-state index is -0.390. The van der Waals surface area contributed by atoms with E-state index in [2.05, 4.69) is 9.97 Å². The summed E-state index contributed by atoms with van der Waals surface area (Å²) in [4.78, 5) is 32.9. The van der Waals surface area contributed by atoms with Crippen molar-refractivity contribution in [2.75, 3.05) is 0 Å². The molecule has 0 N–H and O–H groups in total. The second kappa shape index (κ2) is 4.01. The van der Waals surface area contributed by atoms with E-state index in [9.17, 15) is 9.59 Å². The Labute approximate surface area is 108 Å². The molecule has 1 aromatic carbocycles. The highest BCUT2D eigenvalue weighted by Gasteiger charge is 2.13. The van der Waals surface area contributed by atoms with Crippen molar-refractivity contribution in [1.82, 2.24) is 19.1 Å². The van der Waals surface area contributed by atoms with Crippen molar-refractivity contribution in [2.45, 2.75) is 13.5 Å². The molecule has 0 aliphatic carbocycles. The third-order valence-electron chi connectivity index (χ3n) is 3.15. The highest BCUT2D eigenvalue weighted by molar-refractivity contribution is 5.83. The molecule has 0 atom stereocenters. The van der Waals surface area contributed by atoms with E-state index in [0.29, 0.717) is 23.2 Å². The van der Waals surface area contributed by atoms with E-state index in [-0.39, 0.29) is 16.8 Å². The standard InChI is InChI=1S/C13H12N4O2/c1-3-17-12(18)10-11(16(2)13(17)19)15-9-7-5-4-6-8(9)14-10/h4-7H,3H2,1-2H3. The maximum absolute atomic E-state index is 12.2. The van der Waals surface area contributed by atoms with Gasteiger partial charge in [-0.05, 0) is 19.1 Å². The summed E-state index contributed by atoms with van der Waals surface area (Å²) in [7, 11) is 1.60. The molecule has 0 saturated heterocycles. The summed E-state index contributed by atoms with van der Waals surface area (Å²) in [5.41, 5.74) is 1.09. The Morgan fingerprint density at radius 1 is 1.11 bits per heavy atom. The molecule has 19 heavy (non-hydrogen) atoms. The number of hydrogen-bond acceptors (Lipinski definition) is 4. The minimum absolute atomic E-state index is 0.225. The molecule has 0 bridgehead atoms. The molecule has 3 aromatic rings. The maximum atomic E-state index is 12.2. The van der Waals surface area contributed by atoms with Crippen LogP contribution >= 0.6 is 0 Å². The summed E-state index contributed by atoms with van der Waals surface area (Å²) < 4.78 is 2.52. The normalized spacial score (nSPS) is 11.3. The van der Waals surface area contributed by atoms with Crippen molar-refractivity contribution < 1.29 is 0 Å². The Bertz CT molecular complexity index is 908. The van der Waals surface area contributed by atoms with Crippen molar-refractivity contribution in [3.63, 3.8) is 0 Å². The molecule has 0 fully saturated rings. The summed E-state index contributed by atoms with van der Waals surface area (Å²) in [6, 6.07) is 7.28. The number of rotatable bonds is 1. The van der Waals surface area contributed by atoms with E-state index < -0.39 is 0 Å². The van der Waals surface area contributed by atoms with Crippen LogP contribution in [0.3, 0.4) is 0 Å². The molecule has 6 nitrogen and oxygen atoms in total. The van der Waals surface area contributed by atoms with Gasteiger partial charge in [-0.25, -0.2) is 14.8 Å². The lowest BCUT2D eigenvalue weighted by atomic mass is 10.3. The highest BCUT2D eigenvalue weighted by Crippen LogP contribution is 2.11. The first-order chi connectivity index (χ1) is 9.13. The van der Waals surface area contributed by atoms with Crippen LogP contribution in [0.1, 0.15) is 6.92 Å². The fourth-order valence-electron chi connectivity index (χ4n) is 2.13. The summed E-state index contributed by atoms with van der Waals surface area (Å²) in [6.45, 7) is 2.07. The van der Waals surface area contributed by atoms with Crippen LogP contribution in [0.5, 0.6) is 0 Å². The molecule has 0 aliphatic rings. The predicted molar refractivity (Wildman–Crippen MR) is 72.2 cm³/mol. The van der Waals surface area contributed by atoms with Gasteiger partial charge in [-0.1, -0.05) is 12.1 Å². The third-order valence-corrected chi connectivity index (χ3v) is 3.15. The summed E-state index contributed by atoms with van der Waals surface area (Å²) in [6.07, 6.45) is 0. The van der Waals surface area contributed by atoms with Crippen molar-refractivity contribution in [1.29, 1.82) is 0 Å². The molecular formula is C13H12N4O2. The molecule has 2 heterocycles. The number of benzene rings is 1. The molecule has 3 rings (SSSR count). The van der Waals surface area contributed by atoms with E-state index in [0.717, 1.165) is 4.57 Å². The molecule has 0 amide bonds. The molecule has 6 heteroatoms. The Morgan fingerprint density at radius 3 is 2.37 bits per heavy atom. The SMILES string of the molecule is CCn1c(=O)c2nc3ccccc3nc2n(C)c1=O. The quantitative estimate of drug-likeness (QED) is 0.600. The zero-order valence-electron chi connectivity index (χ0n) is 10.6. The molecular weight excluding hydrogens is 244 g/mol. The van der Waals surface area contributed by atoms with Crippen molar-refractivity contribution in [3.8, 4) is 0 Å². The monoisotopic (exact) mass is 256 g/mol. The summed E-state index contributed by atoms with van der Waals surface area (Å²) in [5.74, 6) is 0. The Balaban J connectivity index is 2.62. The number of hydrogen-bond donors (Lipinski definition) is 0. The minimum Gasteiger partial charge on any atom is -0.279 e. The van der Waals surface area contributed by atoms with Crippen LogP contribution in [0, 0.1) is 0 Å². The topological polar surface area (TPSA) is 69.8 Å². The molecule has 0 aliphatic heterocycles. The number of aryl methyl sites for hydroxylation is 1. The van der Waals surface area contributed by atoms with Crippen LogP contribution in [0.15, 0.2) is 33.9 Å². The van der Waals surface area contributed by atoms with Gasteiger partial charge in [0.05, 0.1) is 11.0 Å². The van der Waals surface area contributed by atoms with E-state index in [4.69, 9.17) is 0 Å². The van der Waals surface area contributed by atoms with Gasteiger partial charge in [0.15, 0.2) is 11.2 Å². The van der Waals surface area contributed by atoms with E-state index in [1.54, 1.807) is 26.1 Å². The van der Waals surface area contributed by atoms with Gasteiger partial charge >= 0.3 is 5.69 Å². The van der Waals surface area contributed by atoms with Crippen LogP contribution in [0.2, 0.25) is 0 Å².